The summed E-state index contributed by atoms with van der Waals surface area (Å²) in [5.41, 5.74) is 2.00. The largest absolute Gasteiger partial charge is 0.438 e. The summed E-state index contributed by atoms with van der Waals surface area (Å²) in [5.74, 6) is 0.347. The zero-order valence-electron chi connectivity index (χ0n) is 15.0. The molecule has 0 fully saturated rings. The Labute approximate surface area is 157 Å². The molecule has 0 aliphatic carbocycles. The summed E-state index contributed by atoms with van der Waals surface area (Å²) in [6, 6.07) is 16.3. The van der Waals surface area contributed by atoms with E-state index in [1.807, 2.05) is 12.1 Å². The van der Waals surface area contributed by atoms with E-state index in [1.54, 1.807) is 24.3 Å². The lowest BCUT2D eigenvalue weighted by atomic mass is 10.1. The highest BCUT2D eigenvalue weighted by Crippen LogP contribution is 2.22. The van der Waals surface area contributed by atoms with Gasteiger partial charge in [0, 0.05) is 23.7 Å². The third-order valence-corrected chi connectivity index (χ3v) is 3.91. The van der Waals surface area contributed by atoms with Crippen molar-refractivity contribution in [2.75, 3.05) is 6.54 Å². The summed E-state index contributed by atoms with van der Waals surface area (Å²) in [7, 11) is 0. The molecule has 5 nitrogen and oxygen atoms in total. The predicted molar refractivity (Wildman–Crippen MR) is 101 cm³/mol. The molecule has 3 rings (SSSR count). The van der Waals surface area contributed by atoms with Gasteiger partial charge in [-0.05, 0) is 48.9 Å². The first-order valence-corrected chi connectivity index (χ1v) is 8.81. The molecule has 1 heterocycles. The van der Waals surface area contributed by atoms with Crippen LogP contribution < -0.4 is 10.1 Å². The topological polar surface area (TPSA) is 64.1 Å². The molecular weight excluding hydrogens is 345 g/mol. The van der Waals surface area contributed by atoms with Gasteiger partial charge in [-0.1, -0.05) is 25.5 Å². The number of benzene rings is 2. The summed E-state index contributed by atoms with van der Waals surface area (Å²) in [6.07, 6.45) is 1.98. The van der Waals surface area contributed by atoms with Crippen LogP contribution in [0.1, 0.15) is 30.1 Å². The zero-order chi connectivity index (χ0) is 19.1. The van der Waals surface area contributed by atoms with Crippen LogP contribution in [-0.4, -0.2) is 22.6 Å². The predicted octanol–water partition coefficient (Wildman–Crippen LogP) is 4.60. The van der Waals surface area contributed by atoms with Gasteiger partial charge in [0.15, 0.2) is 0 Å². The van der Waals surface area contributed by atoms with Gasteiger partial charge in [-0.15, -0.1) is 10.2 Å². The summed E-state index contributed by atoms with van der Waals surface area (Å²) in [4.78, 5) is 12.2. The zero-order valence-corrected chi connectivity index (χ0v) is 15.0. The van der Waals surface area contributed by atoms with Crippen molar-refractivity contribution < 1.29 is 13.9 Å². The molecule has 1 amide bonds. The Balaban J connectivity index is 1.70. The minimum Gasteiger partial charge on any atom is -0.438 e. The first kappa shape index (κ1) is 18.5. The smallest absolute Gasteiger partial charge is 0.251 e. The number of amides is 1. The number of hydrogen-bond donors (Lipinski definition) is 1. The van der Waals surface area contributed by atoms with Gasteiger partial charge in [-0.3, -0.25) is 4.79 Å². The van der Waals surface area contributed by atoms with Crippen molar-refractivity contribution in [3.63, 3.8) is 0 Å². The van der Waals surface area contributed by atoms with Crippen molar-refractivity contribution >= 4 is 5.91 Å². The maximum atomic E-state index is 12.9. The fourth-order valence-electron chi connectivity index (χ4n) is 2.45. The van der Waals surface area contributed by atoms with Crippen LogP contribution in [0.25, 0.3) is 11.3 Å². The first-order chi connectivity index (χ1) is 13.2. The number of unbranched alkanes of at least 4 members (excludes halogenated alkanes) is 1. The molecule has 0 aliphatic heterocycles. The molecule has 138 valence electrons. The van der Waals surface area contributed by atoms with Gasteiger partial charge < -0.3 is 10.1 Å². The van der Waals surface area contributed by atoms with Crippen LogP contribution in [0.15, 0.2) is 60.7 Å². The number of ether oxygens (including phenoxy) is 1. The summed E-state index contributed by atoms with van der Waals surface area (Å²) >= 11 is 0. The SMILES string of the molecule is CCCCNC(=O)c1cccc(-c2ccc(Oc3ccc(F)cc3)nn2)c1. The molecule has 1 aromatic heterocycles. The molecule has 0 radical (unpaired) electrons. The molecule has 3 aromatic rings. The van der Waals surface area contributed by atoms with E-state index in [0.717, 1.165) is 18.4 Å². The van der Waals surface area contributed by atoms with Gasteiger partial charge in [-0.2, -0.15) is 0 Å². The van der Waals surface area contributed by atoms with E-state index in [9.17, 15) is 9.18 Å². The van der Waals surface area contributed by atoms with Crippen molar-refractivity contribution in [2.24, 2.45) is 0 Å². The molecule has 2 aromatic carbocycles. The van der Waals surface area contributed by atoms with E-state index >= 15 is 0 Å². The second-order valence-corrected chi connectivity index (χ2v) is 6.00. The van der Waals surface area contributed by atoms with Crippen LogP contribution in [0.4, 0.5) is 4.39 Å². The fraction of sp³-hybridized carbons (Fsp3) is 0.190. The molecule has 0 unspecified atom stereocenters. The molecule has 0 aliphatic rings. The molecule has 1 N–H and O–H groups in total. The Hall–Kier alpha value is -3.28. The lowest BCUT2D eigenvalue weighted by Gasteiger charge is -2.07. The van der Waals surface area contributed by atoms with Crippen LogP contribution >= 0.6 is 0 Å². The monoisotopic (exact) mass is 365 g/mol. The van der Waals surface area contributed by atoms with Crippen LogP contribution in [0.3, 0.4) is 0 Å². The van der Waals surface area contributed by atoms with E-state index < -0.39 is 0 Å². The van der Waals surface area contributed by atoms with Crippen LogP contribution in [0.2, 0.25) is 0 Å². The molecule has 0 atom stereocenters. The minimum absolute atomic E-state index is 0.102. The van der Waals surface area contributed by atoms with Gasteiger partial charge >= 0.3 is 0 Å². The lowest BCUT2D eigenvalue weighted by Crippen LogP contribution is -2.24. The third kappa shape index (κ3) is 5.10. The molecular formula is C21H20FN3O2. The maximum Gasteiger partial charge on any atom is 0.251 e. The van der Waals surface area contributed by atoms with Crippen LogP contribution in [-0.2, 0) is 0 Å². The number of aromatic nitrogens is 2. The fourth-order valence-corrected chi connectivity index (χ4v) is 2.45. The van der Waals surface area contributed by atoms with Gasteiger partial charge in [-0.25, -0.2) is 4.39 Å². The average Bonchev–Trinajstić information content (AvgIpc) is 2.70. The van der Waals surface area contributed by atoms with Crippen molar-refractivity contribution in [1.82, 2.24) is 15.5 Å². The van der Waals surface area contributed by atoms with Gasteiger partial charge in [0.05, 0.1) is 5.69 Å². The second-order valence-electron chi connectivity index (χ2n) is 6.00. The van der Waals surface area contributed by atoms with Gasteiger partial charge in [0.2, 0.25) is 5.88 Å². The highest BCUT2D eigenvalue weighted by atomic mass is 19.1. The number of carbonyl (C=O) groups excluding carboxylic acids is 1. The third-order valence-electron chi connectivity index (χ3n) is 3.91. The van der Waals surface area contributed by atoms with Crippen LogP contribution in [0.5, 0.6) is 11.6 Å². The molecule has 6 heteroatoms. The summed E-state index contributed by atoms with van der Waals surface area (Å²) in [5, 5.41) is 11.1. The van der Waals surface area contributed by atoms with E-state index in [4.69, 9.17) is 4.74 Å². The average molecular weight is 365 g/mol. The summed E-state index contributed by atoms with van der Waals surface area (Å²) in [6.45, 7) is 2.74. The molecule has 0 spiro atoms. The van der Waals surface area contributed by atoms with E-state index in [-0.39, 0.29) is 11.7 Å². The number of nitrogens with one attached hydrogen (secondary N) is 1. The van der Waals surface area contributed by atoms with E-state index in [2.05, 4.69) is 22.4 Å². The molecule has 0 bridgehead atoms. The van der Waals surface area contributed by atoms with Gasteiger partial charge in [0.25, 0.3) is 5.91 Å². The Morgan fingerprint density at radius 3 is 2.59 bits per heavy atom. The number of halogens is 1. The lowest BCUT2D eigenvalue weighted by molar-refractivity contribution is 0.0953. The van der Waals surface area contributed by atoms with Crippen molar-refractivity contribution in [3.8, 4) is 22.9 Å². The normalized spacial score (nSPS) is 10.4. The van der Waals surface area contributed by atoms with Crippen molar-refractivity contribution in [1.29, 1.82) is 0 Å². The highest BCUT2D eigenvalue weighted by molar-refractivity contribution is 5.95. The number of nitrogens with zero attached hydrogens (tertiary/aromatic N) is 2. The minimum atomic E-state index is -0.331. The van der Waals surface area contributed by atoms with E-state index in [0.29, 0.717) is 29.4 Å². The number of hydrogen-bond acceptors (Lipinski definition) is 4. The number of carbonyl (C=O) groups is 1. The standard InChI is InChI=1S/C21H20FN3O2/c1-2-3-13-23-21(26)16-6-4-5-15(14-16)19-11-12-20(25-24-19)27-18-9-7-17(22)8-10-18/h4-12,14H,2-3,13H2,1H3,(H,23,26). The molecule has 0 saturated carbocycles. The highest BCUT2D eigenvalue weighted by Gasteiger charge is 2.08. The van der Waals surface area contributed by atoms with Crippen molar-refractivity contribution in [3.05, 3.63) is 72.0 Å². The maximum absolute atomic E-state index is 12.9. The van der Waals surface area contributed by atoms with Crippen molar-refractivity contribution in [2.45, 2.75) is 19.8 Å². The molecule has 0 saturated heterocycles. The summed E-state index contributed by atoms with van der Waals surface area (Å²) < 4.78 is 18.5. The Bertz CT molecular complexity index is 896. The number of rotatable bonds is 7. The van der Waals surface area contributed by atoms with Gasteiger partial charge in [0.1, 0.15) is 11.6 Å². The quantitative estimate of drug-likeness (QED) is 0.621. The van der Waals surface area contributed by atoms with Crippen LogP contribution in [0, 0.1) is 5.82 Å². The second kappa shape index (κ2) is 8.89. The molecule has 27 heavy (non-hydrogen) atoms. The Morgan fingerprint density at radius 1 is 1.07 bits per heavy atom. The van der Waals surface area contributed by atoms with E-state index in [1.165, 1.54) is 24.3 Å². The Kier molecular flexibility index (Phi) is 6.10. The Morgan fingerprint density at radius 2 is 1.89 bits per heavy atom. The first-order valence-electron chi connectivity index (χ1n) is 8.81.